The molecule has 0 radical (unpaired) electrons. The Balaban J connectivity index is 2.02. The van der Waals surface area contributed by atoms with Crippen molar-refractivity contribution >= 4 is 35.2 Å². The SMILES string of the molecule is CCCCNC(=O)[C@H](CC)N(Cc1ccc(Cl)cc1)C(=O)CCSCc1ccccc1. The topological polar surface area (TPSA) is 49.4 Å². The lowest BCUT2D eigenvalue weighted by Crippen LogP contribution is -2.49. The van der Waals surface area contributed by atoms with Gasteiger partial charge >= 0.3 is 0 Å². The number of rotatable bonds is 13. The molecule has 168 valence electrons. The van der Waals surface area contributed by atoms with Crippen LogP contribution in [0.25, 0.3) is 0 Å². The number of hydrogen-bond acceptors (Lipinski definition) is 3. The molecule has 0 fully saturated rings. The van der Waals surface area contributed by atoms with E-state index in [0.29, 0.717) is 31.0 Å². The average Bonchev–Trinajstić information content (AvgIpc) is 2.78. The molecule has 2 rings (SSSR count). The monoisotopic (exact) mass is 460 g/mol. The Morgan fingerprint density at radius 3 is 2.39 bits per heavy atom. The van der Waals surface area contributed by atoms with Crippen LogP contribution in [0.5, 0.6) is 0 Å². The zero-order valence-electron chi connectivity index (χ0n) is 18.5. The lowest BCUT2D eigenvalue weighted by molar-refractivity contribution is -0.141. The molecule has 0 saturated carbocycles. The van der Waals surface area contributed by atoms with Gasteiger partial charge in [-0.3, -0.25) is 9.59 Å². The number of nitrogens with zero attached hydrogens (tertiary/aromatic N) is 1. The van der Waals surface area contributed by atoms with Gasteiger partial charge in [0, 0.05) is 36.0 Å². The number of hydrogen-bond donors (Lipinski definition) is 1. The van der Waals surface area contributed by atoms with Crippen molar-refractivity contribution in [3.63, 3.8) is 0 Å². The molecule has 0 saturated heterocycles. The van der Waals surface area contributed by atoms with Crippen LogP contribution in [-0.2, 0) is 21.9 Å². The minimum Gasteiger partial charge on any atom is -0.354 e. The molecular formula is C25H33ClN2O2S. The first kappa shape index (κ1) is 25.3. The second kappa shape index (κ2) is 14.2. The fourth-order valence-electron chi connectivity index (χ4n) is 3.28. The lowest BCUT2D eigenvalue weighted by atomic mass is 10.1. The van der Waals surface area contributed by atoms with Crippen molar-refractivity contribution in [2.45, 2.75) is 57.9 Å². The van der Waals surface area contributed by atoms with Gasteiger partial charge in [-0.15, -0.1) is 0 Å². The molecule has 0 spiro atoms. The lowest BCUT2D eigenvalue weighted by Gasteiger charge is -2.30. The van der Waals surface area contributed by atoms with Gasteiger partial charge in [-0.1, -0.05) is 74.3 Å². The van der Waals surface area contributed by atoms with E-state index in [1.54, 1.807) is 16.7 Å². The number of amides is 2. The molecule has 0 aromatic heterocycles. The summed E-state index contributed by atoms with van der Waals surface area (Å²) in [6.45, 7) is 5.09. The molecular weight excluding hydrogens is 428 g/mol. The van der Waals surface area contributed by atoms with Gasteiger partial charge in [0.2, 0.25) is 11.8 Å². The third-order valence-electron chi connectivity index (χ3n) is 5.05. The van der Waals surface area contributed by atoms with E-state index in [0.717, 1.165) is 29.9 Å². The van der Waals surface area contributed by atoms with Crippen LogP contribution in [0.4, 0.5) is 0 Å². The molecule has 0 aliphatic rings. The number of thioether (sulfide) groups is 1. The summed E-state index contributed by atoms with van der Waals surface area (Å²) in [6.07, 6.45) is 2.94. The molecule has 31 heavy (non-hydrogen) atoms. The molecule has 0 aliphatic heterocycles. The molecule has 0 bridgehead atoms. The third kappa shape index (κ3) is 8.96. The Morgan fingerprint density at radius 1 is 1.03 bits per heavy atom. The summed E-state index contributed by atoms with van der Waals surface area (Å²) in [5, 5.41) is 3.65. The maximum absolute atomic E-state index is 13.2. The molecule has 1 N–H and O–H groups in total. The number of halogens is 1. The van der Waals surface area contributed by atoms with E-state index in [4.69, 9.17) is 11.6 Å². The first-order valence-corrected chi connectivity index (χ1v) is 12.5. The van der Waals surface area contributed by atoms with Crippen molar-refractivity contribution < 1.29 is 9.59 Å². The molecule has 2 aromatic carbocycles. The van der Waals surface area contributed by atoms with Crippen molar-refractivity contribution in [3.8, 4) is 0 Å². The normalized spacial score (nSPS) is 11.7. The van der Waals surface area contributed by atoms with Crippen LogP contribution in [0.15, 0.2) is 54.6 Å². The van der Waals surface area contributed by atoms with Crippen LogP contribution in [-0.4, -0.2) is 35.1 Å². The van der Waals surface area contributed by atoms with Gasteiger partial charge in [0.15, 0.2) is 0 Å². The highest BCUT2D eigenvalue weighted by molar-refractivity contribution is 7.98. The Hall–Kier alpha value is -1.98. The standard InChI is InChI=1S/C25H33ClN2O2S/c1-3-5-16-27-25(30)23(4-2)28(18-20-11-13-22(26)14-12-20)24(29)15-17-31-19-21-9-7-6-8-10-21/h6-14,23H,3-5,15-19H2,1-2H3,(H,27,30)/t23-/m0/s1. The molecule has 2 amide bonds. The summed E-state index contributed by atoms with van der Waals surface area (Å²) in [7, 11) is 0. The van der Waals surface area contributed by atoms with Crippen molar-refractivity contribution in [1.82, 2.24) is 10.2 Å². The van der Waals surface area contributed by atoms with Crippen molar-refractivity contribution in [3.05, 3.63) is 70.7 Å². The zero-order valence-corrected chi connectivity index (χ0v) is 20.1. The number of carbonyl (C=O) groups excluding carboxylic acids is 2. The highest BCUT2D eigenvalue weighted by Crippen LogP contribution is 2.18. The molecule has 0 heterocycles. The maximum Gasteiger partial charge on any atom is 0.242 e. The second-order valence-electron chi connectivity index (χ2n) is 7.50. The van der Waals surface area contributed by atoms with Crippen LogP contribution in [0.2, 0.25) is 5.02 Å². The van der Waals surface area contributed by atoms with Gasteiger partial charge in [0.25, 0.3) is 0 Å². The minimum atomic E-state index is -0.473. The summed E-state index contributed by atoms with van der Waals surface area (Å²) in [5.41, 5.74) is 2.22. The minimum absolute atomic E-state index is 0.00741. The third-order valence-corrected chi connectivity index (χ3v) is 6.34. The first-order chi connectivity index (χ1) is 15.0. The van der Waals surface area contributed by atoms with E-state index in [2.05, 4.69) is 24.4 Å². The van der Waals surface area contributed by atoms with E-state index in [9.17, 15) is 9.59 Å². The van der Waals surface area contributed by atoms with Gasteiger partial charge in [-0.2, -0.15) is 11.8 Å². The van der Waals surface area contributed by atoms with Crippen LogP contribution in [0.3, 0.4) is 0 Å². The second-order valence-corrected chi connectivity index (χ2v) is 9.05. The van der Waals surface area contributed by atoms with Crippen LogP contribution >= 0.6 is 23.4 Å². The van der Waals surface area contributed by atoms with E-state index >= 15 is 0 Å². The predicted molar refractivity (Wildman–Crippen MR) is 131 cm³/mol. The number of benzene rings is 2. The predicted octanol–water partition coefficient (Wildman–Crippen LogP) is 5.69. The van der Waals surface area contributed by atoms with Crippen LogP contribution in [0, 0.1) is 0 Å². The highest BCUT2D eigenvalue weighted by atomic mass is 35.5. The summed E-state index contributed by atoms with van der Waals surface area (Å²) < 4.78 is 0. The Bertz CT molecular complexity index is 799. The van der Waals surface area contributed by atoms with Gasteiger partial charge in [0.05, 0.1) is 0 Å². The van der Waals surface area contributed by atoms with E-state index in [1.165, 1.54) is 5.56 Å². The van der Waals surface area contributed by atoms with Gasteiger partial charge in [0.1, 0.15) is 6.04 Å². The van der Waals surface area contributed by atoms with Crippen molar-refractivity contribution in [2.75, 3.05) is 12.3 Å². The van der Waals surface area contributed by atoms with Gasteiger partial charge in [-0.25, -0.2) is 0 Å². The average molecular weight is 461 g/mol. The smallest absolute Gasteiger partial charge is 0.242 e. The quantitative estimate of drug-likeness (QED) is 0.391. The van der Waals surface area contributed by atoms with Crippen molar-refractivity contribution in [1.29, 1.82) is 0 Å². The fraction of sp³-hybridized carbons (Fsp3) is 0.440. The molecule has 6 heteroatoms. The molecule has 1 atom stereocenters. The molecule has 2 aromatic rings. The fourth-order valence-corrected chi connectivity index (χ4v) is 4.30. The summed E-state index contributed by atoms with van der Waals surface area (Å²) in [6, 6.07) is 17.2. The summed E-state index contributed by atoms with van der Waals surface area (Å²) in [4.78, 5) is 27.7. The Labute approximate surface area is 195 Å². The molecule has 0 unspecified atom stereocenters. The Kier molecular flexibility index (Phi) is 11.5. The van der Waals surface area contributed by atoms with Gasteiger partial charge < -0.3 is 10.2 Å². The summed E-state index contributed by atoms with van der Waals surface area (Å²) >= 11 is 7.75. The van der Waals surface area contributed by atoms with E-state index in [-0.39, 0.29) is 11.8 Å². The number of unbranched alkanes of at least 4 members (excludes halogenated alkanes) is 1. The first-order valence-electron chi connectivity index (χ1n) is 11.0. The van der Waals surface area contributed by atoms with E-state index < -0.39 is 6.04 Å². The number of carbonyl (C=O) groups is 2. The molecule has 0 aliphatic carbocycles. The highest BCUT2D eigenvalue weighted by Gasteiger charge is 2.28. The largest absolute Gasteiger partial charge is 0.354 e. The van der Waals surface area contributed by atoms with Crippen molar-refractivity contribution in [2.24, 2.45) is 0 Å². The number of nitrogens with one attached hydrogen (secondary N) is 1. The Morgan fingerprint density at radius 2 is 1.74 bits per heavy atom. The van der Waals surface area contributed by atoms with Gasteiger partial charge in [-0.05, 0) is 36.1 Å². The molecule has 4 nitrogen and oxygen atoms in total. The van der Waals surface area contributed by atoms with E-state index in [1.807, 2.05) is 49.4 Å². The maximum atomic E-state index is 13.2. The van der Waals surface area contributed by atoms with Crippen LogP contribution < -0.4 is 5.32 Å². The summed E-state index contributed by atoms with van der Waals surface area (Å²) in [5.74, 6) is 1.53. The van der Waals surface area contributed by atoms with Crippen LogP contribution in [0.1, 0.15) is 50.7 Å². The zero-order chi connectivity index (χ0) is 22.5.